The molecule has 0 unspecified atom stereocenters. The van der Waals surface area contributed by atoms with Crippen molar-refractivity contribution >= 4 is 11.6 Å². The van der Waals surface area contributed by atoms with Gasteiger partial charge >= 0.3 is 0 Å². The molecule has 0 bridgehead atoms. The van der Waals surface area contributed by atoms with E-state index in [0.29, 0.717) is 6.61 Å². The van der Waals surface area contributed by atoms with E-state index in [1.807, 2.05) is 30.3 Å². The number of rotatable bonds is 9. The van der Waals surface area contributed by atoms with Crippen LogP contribution < -0.4 is 14.8 Å². The van der Waals surface area contributed by atoms with E-state index in [0.717, 1.165) is 47.2 Å². The summed E-state index contributed by atoms with van der Waals surface area (Å²) in [5.41, 5.74) is 4.81. The molecule has 3 rings (SSSR count). The fourth-order valence-corrected chi connectivity index (χ4v) is 3.15. The largest absolute Gasteiger partial charge is 0.493 e. The van der Waals surface area contributed by atoms with Gasteiger partial charge in [0.05, 0.1) is 7.11 Å². The number of nitrogens with one attached hydrogen (secondary N) is 1. The Morgan fingerprint density at radius 2 is 1.64 bits per heavy atom. The quantitative estimate of drug-likeness (QED) is 0.480. The fourth-order valence-electron chi connectivity index (χ4n) is 3.02. The molecule has 0 aromatic heterocycles. The van der Waals surface area contributed by atoms with Gasteiger partial charge in [-0.25, -0.2) is 0 Å². The summed E-state index contributed by atoms with van der Waals surface area (Å²) in [6, 6.07) is 22.4. The molecule has 0 atom stereocenters. The van der Waals surface area contributed by atoms with Crippen molar-refractivity contribution in [1.82, 2.24) is 5.32 Å². The Kier molecular flexibility index (Phi) is 7.35. The summed E-state index contributed by atoms with van der Waals surface area (Å²) in [5, 5.41) is 4.24. The summed E-state index contributed by atoms with van der Waals surface area (Å²) in [5.74, 6) is 1.51. The van der Waals surface area contributed by atoms with Gasteiger partial charge in [0.2, 0.25) is 0 Å². The van der Waals surface area contributed by atoms with E-state index < -0.39 is 0 Å². The molecule has 0 amide bonds. The predicted octanol–water partition coefficient (Wildman–Crippen LogP) is 5.57. The highest BCUT2D eigenvalue weighted by Gasteiger charge is 2.06. The molecule has 0 aliphatic rings. The van der Waals surface area contributed by atoms with Crippen molar-refractivity contribution in [2.45, 2.75) is 26.5 Å². The second kappa shape index (κ2) is 10.2. The van der Waals surface area contributed by atoms with Gasteiger partial charge in [0.15, 0.2) is 11.5 Å². The molecule has 3 aromatic carbocycles. The van der Waals surface area contributed by atoms with Crippen LogP contribution in [-0.4, -0.2) is 13.7 Å². The first-order chi connectivity index (χ1) is 13.6. The van der Waals surface area contributed by atoms with Crippen molar-refractivity contribution in [3.8, 4) is 11.5 Å². The Bertz CT molecular complexity index is 893. The van der Waals surface area contributed by atoms with Crippen LogP contribution in [0.3, 0.4) is 0 Å². The molecular weight excluding hydrogens is 370 g/mol. The van der Waals surface area contributed by atoms with Gasteiger partial charge in [0.25, 0.3) is 0 Å². The number of methoxy groups -OCH3 is 1. The average Bonchev–Trinajstić information content (AvgIpc) is 2.71. The van der Waals surface area contributed by atoms with Crippen LogP contribution in [0.2, 0.25) is 5.02 Å². The zero-order chi connectivity index (χ0) is 19.8. The van der Waals surface area contributed by atoms with E-state index in [1.54, 1.807) is 7.11 Å². The van der Waals surface area contributed by atoms with Gasteiger partial charge in [-0.1, -0.05) is 59.6 Å². The lowest BCUT2D eigenvalue weighted by atomic mass is 10.1. The van der Waals surface area contributed by atoms with E-state index >= 15 is 0 Å². The molecule has 0 saturated carbocycles. The topological polar surface area (TPSA) is 30.5 Å². The van der Waals surface area contributed by atoms with E-state index in [-0.39, 0.29) is 0 Å². The molecule has 0 heterocycles. The minimum Gasteiger partial charge on any atom is -0.493 e. The number of aryl methyl sites for hydroxylation is 1. The van der Waals surface area contributed by atoms with Crippen molar-refractivity contribution in [3.05, 3.63) is 94.0 Å². The van der Waals surface area contributed by atoms with Gasteiger partial charge in [-0.15, -0.1) is 0 Å². The maximum absolute atomic E-state index is 5.96. The third-order valence-corrected chi connectivity index (χ3v) is 4.79. The molecule has 4 heteroatoms. The van der Waals surface area contributed by atoms with Crippen LogP contribution in [0, 0.1) is 6.92 Å². The highest BCUT2D eigenvalue weighted by atomic mass is 35.5. The highest BCUT2D eigenvalue weighted by molar-refractivity contribution is 6.30. The molecule has 0 radical (unpaired) electrons. The van der Waals surface area contributed by atoms with Gasteiger partial charge in [-0.2, -0.15) is 0 Å². The van der Waals surface area contributed by atoms with Crippen LogP contribution in [-0.2, 0) is 19.6 Å². The average molecular weight is 396 g/mol. The van der Waals surface area contributed by atoms with Gasteiger partial charge in [0, 0.05) is 11.6 Å². The molecule has 28 heavy (non-hydrogen) atoms. The van der Waals surface area contributed by atoms with Crippen molar-refractivity contribution in [2.24, 2.45) is 0 Å². The third-order valence-electron chi connectivity index (χ3n) is 4.54. The number of benzene rings is 3. The lowest BCUT2D eigenvalue weighted by Gasteiger charge is -2.13. The number of halogens is 1. The second-order valence-corrected chi connectivity index (χ2v) is 7.25. The maximum atomic E-state index is 5.96. The van der Waals surface area contributed by atoms with Crippen LogP contribution in [0.5, 0.6) is 11.5 Å². The van der Waals surface area contributed by atoms with Crippen LogP contribution in [0.15, 0.2) is 66.7 Å². The lowest BCUT2D eigenvalue weighted by Crippen LogP contribution is -2.16. The predicted molar refractivity (Wildman–Crippen MR) is 115 cm³/mol. The standard InChI is InChI=1S/C24H26ClNO2/c1-18-4-3-5-21(14-18)17-28-23-11-8-20(15-24(23)27-2)16-26-13-12-19-6-9-22(25)10-7-19/h3-11,14-15,26H,12-13,16-17H2,1-2H3. The molecule has 3 nitrogen and oxygen atoms in total. The summed E-state index contributed by atoms with van der Waals surface area (Å²) >= 11 is 5.92. The molecule has 1 N–H and O–H groups in total. The lowest BCUT2D eigenvalue weighted by molar-refractivity contribution is 0.284. The molecule has 3 aromatic rings. The van der Waals surface area contributed by atoms with E-state index in [9.17, 15) is 0 Å². The summed E-state index contributed by atoms with van der Waals surface area (Å²) in [7, 11) is 1.67. The minimum absolute atomic E-state index is 0.525. The zero-order valence-electron chi connectivity index (χ0n) is 16.4. The third kappa shape index (κ3) is 6.01. The maximum Gasteiger partial charge on any atom is 0.161 e. The highest BCUT2D eigenvalue weighted by Crippen LogP contribution is 2.29. The van der Waals surface area contributed by atoms with Crippen molar-refractivity contribution in [1.29, 1.82) is 0 Å². The van der Waals surface area contributed by atoms with Crippen molar-refractivity contribution in [3.63, 3.8) is 0 Å². The fraction of sp³-hybridized carbons (Fsp3) is 0.250. The van der Waals surface area contributed by atoms with Gasteiger partial charge in [-0.05, 0) is 60.8 Å². The molecular formula is C24H26ClNO2. The van der Waals surface area contributed by atoms with E-state index in [4.69, 9.17) is 21.1 Å². The Morgan fingerprint density at radius 3 is 2.39 bits per heavy atom. The molecule has 0 aliphatic carbocycles. The first kappa shape index (κ1) is 20.2. The monoisotopic (exact) mass is 395 g/mol. The van der Waals surface area contributed by atoms with Crippen LogP contribution in [0.4, 0.5) is 0 Å². The molecule has 0 aliphatic heterocycles. The Balaban J connectivity index is 1.51. The smallest absolute Gasteiger partial charge is 0.161 e. The SMILES string of the molecule is COc1cc(CNCCc2ccc(Cl)cc2)ccc1OCc1cccc(C)c1. The van der Waals surface area contributed by atoms with Crippen molar-refractivity contribution in [2.75, 3.05) is 13.7 Å². The van der Waals surface area contributed by atoms with Crippen LogP contribution in [0.25, 0.3) is 0 Å². The molecule has 0 saturated heterocycles. The summed E-state index contributed by atoms with van der Waals surface area (Å²) in [4.78, 5) is 0. The Morgan fingerprint density at radius 1 is 0.857 bits per heavy atom. The first-order valence-electron chi connectivity index (χ1n) is 9.44. The Hall–Kier alpha value is -2.49. The van der Waals surface area contributed by atoms with Gasteiger partial charge in [-0.3, -0.25) is 0 Å². The Labute approximate surface area is 172 Å². The molecule has 0 fully saturated rings. The van der Waals surface area contributed by atoms with E-state index in [2.05, 4.69) is 48.6 Å². The minimum atomic E-state index is 0.525. The summed E-state index contributed by atoms with van der Waals surface area (Å²) < 4.78 is 11.5. The first-order valence-corrected chi connectivity index (χ1v) is 9.82. The molecule has 0 spiro atoms. The normalized spacial score (nSPS) is 10.7. The van der Waals surface area contributed by atoms with Crippen LogP contribution in [0.1, 0.15) is 22.3 Å². The summed E-state index contributed by atoms with van der Waals surface area (Å²) in [6.45, 7) is 4.28. The number of hydrogen-bond donors (Lipinski definition) is 1. The zero-order valence-corrected chi connectivity index (χ0v) is 17.1. The number of hydrogen-bond acceptors (Lipinski definition) is 3. The van der Waals surface area contributed by atoms with Gasteiger partial charge in [0.1, 0.15) is 6.61 Å². The molecule has 146 valence electrons. The number of ether oxygens (including phenoxy) is 2. The van der Waals surface area contributed by atoms with Crippen molar-refractivity contribution < 1.29 is 9.47 Å². The van der Waals surface area contributed by atoms with Gasteiger partial charge < -0.3 is 14.8 Å². The van der Waals surface area contributed by atoms with Crippen LogP contribution >= 0.6 is 11.6 Å². The van der Waals surface area contributed by atoms with E-state index in [1.165, 1.54) is 11.1 Å². The summed E-state index contributed by atoms with van der Waals surface area (Å²) in [6.07, 6.45) is 0.964. The second-order valence-electron chi connectivity index (χ2n) is 6.82.